The van der Waals surface area contributed by atoms with Gasteiger partial charge in [-0.25, -0.2) is 4.39 Å². The van der Waals surface area contributed by atoms with Gasteiger partial charge in [0.15, 0.2) is 10.8 Å². The Labute approximate surface area is 192 Å². The van der Waals surface area contributed by atoms with Crippen molar-refractivity contribution in [1.82, 2.24) is 19.9 Å². The number of hydrogen-bond acceptors (Lipinski definition) is 5. The van der Waals surface area contributed by atoms with Gasteiger partial charge in [-0.15, -0.1) is 10.2 Å². The van der Waals surface area contributed by atoms with E-state index in [2.05, 4.69) is 20.8 Å². The summed E-state index contributed by atoms with van der Waals surface area (Å²) in [6.45, 7) is 0.390. The van der Waals surface area contributed by atoms with Crippen LogP contribution in [-0.2, 0) is 11.3 Å². The van der Waals surface area contributed by atoms with Crippen molar-refractivity contribution in [3.05, 3.63) is 88.8 Å². The molecule has 7 nitrogen and oxygen atoms in total. The summed E-state index contributed by atoms with van der Waals surface area (Å²) in [5.41, 5.74) is 2.17. The molecule has 2 heterocycles. The van der Waals surface area contributed by atoms with E-state index in [9.17, 15) is 14.0 Å². The Hall–Kier alpha value is -3.43. The van der Waals surface area contributed by atoms with Crippen molar-refractivity contribution in [1.29, 1.82) is 0 Å². The summed E-state index contributed by atoms with van der Waals surface area (Å²) >= 11 is 7.06. The number of carbonyl (C=O) groups is 2. The van der Waals surface area contributed by atoms with Crippen molar-refractivity contribution in [3.63, 3.8) is 0 Å². The molecule has 32 heavy (non-hydrogen) atoms. The molecule has 10 heteroatoms. The largest absolute Gasteiger partial charge is 0.351 e. The fourth-order valence-electron chi connectivity index (χ4n) is 2.86. The molecule has 0 fully saturated rings. The maximum absolute atomic E-state index is 13.3. The van der Waals surface area contributed by atoms with E-state index in [0.717, 1.165) is 5.56 Å². The van der Waals surface area contributed by atoms with Crippen LogP contribution in [0, 0.1) is 5.82 Å². The second-order valence-electron chi connectivity index (χ2n) is 6.78. The molecule has 0 atom stereocenters. The number of carbonyl (C=O) groups excluding carboxylic acids is 2. The summed E-state index contributed by atoms with van der Waals surface area (Å²) in [6, 6.07) is 16.1. The molecule has 2 N–H and O–H groups in total. The van der Waals surface area contributed by atoms with E-state index in [4.69, 9.17) is 11.6 Å². The highest BCUT2D eigenvalue weighted by Gasteiger charge is 2.13. The molecule has 0 aliphatic carbocycles. The number of nitrogens with one attached hydrogen (secondary N) is 2. The number of nitrogens with zero attached hydrogens (tertiary/aromatic N) is 3. The normalized spacial score (nSPS) is 10.8. The summed E-state index contributed by atoms with van der Waals surface area (Å²) in [6.07, 6.45) is 1.58. The number of amides is 2. The van der Waals surface area contributed by atoms with E-state index >= 15 is 0 Å². The van der Waals surface area contributed by atoms with Crippen LogP contribution in [0.4, 0.5) is 10.1 Å². The quantitative estimate of drug-likeness (QED) is 0.396. The minimum Gasteiger partial charge on any atom is -0.351 e. The van der Waals surface area contributed by atoms with Crippen molar-refractivity contribution < 1.29 is 14.0 Å². The summed E-state index contributed by atoms with van der Waals surface area (Å²) in [5, 5.41) is 14.7. The van der Waals surface area contributed by atoms with Crippen LogP contribution < -0.4 is 10.6 Å². The summed E-state index contributed by atoms with van der Waals surface area (Å²) in [4.78, 5) is 24.8. The van der Waals surface area contributed by atoms with Crippen LogP contribution in [-0.4, -0.2) is 32.2 Å². The van der Waals surface area contributed by atoms with Gasteiger partial charge in [-0.3, -0.25) is 14.0 Å². The Bertz CT molecular complexity index is 1280. The first-order valence-electron chi connectivity index (χ1n) is 9.53. The maximum Gasteiger partial charge on any atom is 0.257 e. The molecule has 2 aromatic carbocycles. The number of anilines is 1. The monoisotopic (exact) mass is 469 g/mol. The summed E-state index contributed by atoms with van der Waals surface area (Å²) in [7, 11) is 0. The Kier molecular flexibility index (Phi) is 6.67. The SMILES string of the molecule is O=C(CSc1nnc2ccc(C(=O)Nc3cccc(F)c3)cn12)NCc1ccc(Cl)cc1. The third-order valence-corrected chi connectivity index (χ3v) is 5.65. The van der Waals surface area contributed by atoms with E-state index in [1.165, 1.54) is 30.0 Å². The molecule has 0 bridgehead atoms. The number of fused-ring (bicyclic) bond motifs is 1. The van der Waals surface area contributed by atoms with Gasteiger partial charge in [0.2, 0.25) is 5.91 Å². The third-order valence-electron chi connectivity index (χ3n) is 4.45. The number of pyridine rings is 1. The van der Waals surface area contributed by atoms with E-state index in [-0.39, 0.29) is 11.7 Å². The zero-order valence-electron chi connectivity index (χ0n) is 16.6. The van der Waals surface area contributed by atoms with E-state index < -0.39 is 11.7 Å². The average Bonchev–Trinajstić information content (AvgIpc) is 3.19. The molecule has 0 saturated heterocycles. The second-order valence-corrected chi connectivity index (χ2v) is 8.16. The van der Waals surface area contributed by atoms with Crippen LogP contribution >= 0.6 is 23.4 Å². The minimum absolute atomic E-state index is 0.133. The lowest BCUT2D eigenvalue weighted by Gasteiger charge is -2.07. The highest BCUT2D eigenvalue weighted by Crippen LogP contribution is 2.19. The molecule has 0 aliphatic rings. The predicted octanol–water partition coefficient (Wildman–Crippen LogP) is 4.18. The minimum atomic E-state index is -0.440. The molecule has 0 radical (unpaired) electrons. The zero-order valence-corrected chi connectivity index (χ0v) is 18.2. The number of hydrogen-bond donors (Lipinski definition) is 2. The first-order valence-corrected chi connectivity index (χ1v) is 10.9. The summed E-state index contributed by atoms with van der Waals surface area (Å²) < 4.78 is 15.0. The molecular weight excluding hydrogens is 453 g/mol. The van der Waals surface area contributed by atoms with Gasteiger partial charge in [0.25, 0.3) is 5.91 Å². The first-order chi connectivity index (χ1) is 15.5. The predicted molar refractivity (Wildman–Crippen MR) is 121 cm³/mol. The number of thioether (sulfide) groups is 1. The maximum atomic E-state index is 13.3. The third kappa shape index (κ3) is 5.43. The lowest BCUT2D eigenvalue weighted by Crippen LogP contribution is -2.24. The molecule has 0 spiro atoms. The highest BCUT2D eigenvalue weighted by atomic mass is 35.5. The Morgan fingerprint density at radius 3 is 2.66 bits per heavy atom. The number of halogens is 2. The van der Waals surface area contributed by atoms with Crippen molar-refractivity contribution in [2.75, 3.05) is 11.1 Å². The lowest BCUT2D eigenvalue weighted by atomic mass is 10.2. The van der Waals surface area contributed by atoms with Crippen LogP contribution in [0.2, 0.25) is 5.02 Å². The van der Waals surface area contributed by atoms with Crippen molar-refractivity contribution in [2.45, 2.75) is 11.7 Å². The van der Waals surface area contributed by atoms with E-state index in [1.54, 1.807) is 40.9 Å². The van der Waals surface area contributed by atoms with Gasteiger partial charge in [0.05, 0.1) is 11.3 Å². The van der Waals surface area contributed by atoms with Gasteiger partial charge in [-0.1, -0.05) is 41.6 Å². The van der Waals surface area contributed by atoms with Gasteiger partial charge >= 0.3 is 0 Å². The molecule has 0 unspecified atom stereocenters. The lowest BCUT2D eigenvalue weighted by molar-refractivity contribution is -0.118. The number of aromatic nitrogens is 3. The van der Waals surface area contributed by atoms with Crippen molar-refractivity contribution in [3.8, 4) is 0 Å². The van der Waals surface area contributed by atoms with Crippen molar-refractivity contribution >= 4 is 46.5 Å². The average molecular weight is 470 g/mol. The van der Waals surface area contributed by atoms with Gasteiger partial charge in [0, 0.05) is 23.5 Å². The molecule has 4 rings (SSSR count). The molecule has 0 aliphatic heterocycles. The molecule has 4 aromatic rings. The van der Waals surface area contributed by atoms with E-state index in [1.807, 2.05) is 12.1 Å². The number of benzene rings is 2. The fraction of sp³-hybridized carbons (Fsp3) is 0.0909. The van der Waals surface area contributed by atoms with Crippen LogP contribution in [0.3, 0.4) is 0 Å². The molecule has 2 aromatic heterocycles. The molecule has 162 valence electrons. The zero-order chi connectivity index (χ0) is 22.5. The molecule has 2 amide bonds. The van der Waals surface area contributed by atoms with Crippen LogP contribution in [0.25, 0.3) is 5.65 Å². The standard InChI is InChI=1S/C22H17ClFN5O2S/c23-16-7-4-14(5-8-16)11-25-20(30)13-32-22-28-27-19-9-6-15(12-29(19)22)21(31)26-18-3-1-2-17(24)10-18/h1-10,12H,11,13H2,(H,25,30)(H,26,31). The Morgan fingerprint density at radius 2 is 1.88 bits per heavy atom. The van der Waals surface area contributed by atoms with Crippen LogP contribution in [0.15, 0.2) is 72.0 Å². The van der Waals surface area contributed by atoms with Gasteiger partial charge < -0.3 is 10.6 Å². The topological polar surface area (TPSA) is 88.4 Å². The Balaban J connectivity index is 1.39. The van der Waals surface area contributed by atoms with Gasteiger partial charge in [-0.2, -0.15) is 0 Å². The smallest absolute Gasteiger partial charge is 0.257 e. The highest BCUT2D eigenvalue weighted by molar-refractivity contribution is 7.99. The second kappa shape index (κ2) is 9.80. The first kappa shape index (κ1) is 21.8. The number of rotatable bonds is 7. The van der Waals surface area contributed by atoms with Crippen LogP contribution in [0.1, 0.15) is 15.9 Å². The molecule has 0 saturated carbocycles. The van der Waals surface area contributed by atoms with Gasteiger partial charge in [-0.05, 0) is 48.0 Å². The van der Waals surface area contributed by atoms with Crippen molar-refractivity contribution in [2.24, 2.45) is 0 Å². The molecular formula is C22H17ClFN5O2S. The Morgan fingerprint density at radius 1 is 1.06 bits per heavy atom. The van der Waals surface area contributed by atoms with Crippen LogP contribution in [0.5, 0.6) is 0 Å². The van der Waals surface area contributed by atoms with Gasteiger partial charge in [0.1, 0.15) is 5.82 Å². The fourth-order valence-corrected chi connectivity index (χ4v) is 3.73. The van der Waals surface area contributed by atoms with E-state index in [0.29, 0.717) is 33.6 Å². The summed E-state index contributed by atoms with van der Waals surface area (Å²) in [5.74, 6) is -0.872.